The highest BCUT2D eigenvalue weighted by Gasteiger charge is 2.32. The van der Waals surface area contributed by atoms with E-state index in [1.807, 2.05) is 0 Å². The maximum absolute atomic E-state index is 12.5. The fraction of sp³-hybridized carbons (Fsp3) is 0.571. The Bertz CT molecular complexity index is 573. The van der Waals surface area contributed by atoms with Gasteiger partial charge in [-0.05, 0) is 39.0 Å². The van der Waals surface area contributed by atoms with Gasteiger partial charge in [0.2, 0.25) is 10.0 Å². The Morgan fingerprint density at radius 2 is 1.70 bits per heavy atom. The van der Waals surface area contributed by atoms with Crippen LogP contribution >= 0.6 is 11.6 Å². The third-order valence-corrected chi connectivity index (χ3v) is 5.75. The largest absolute Gasteiger partial charge is 0.296 e. The van der Waals surface area contributed by atoms with Gasteiger partial charge in [-0.1, -0.05) is 17.7 Å². The van der Waals surface area contributed by atoms with Gasteiger partial charge in [-0.25, -0.2) is 8.42 Å². The predicted octanol–water partition coefficient (Wildman–Crippen LogP) is 2.44. The number of sulfonamides is 1. The van der Waals surface area contributed by atoms with Crippen molar-refractivity contribution in [3.63, 3.8) is 0 Å². The molecule has 0 unspecified atom stereocenters. The predicted molar refractivity (Wildman–Crippen MR) is 81.5 cm³/mol. The summed E-state index contributed by atoms with van der Waals surface area (Å²) in [5.41, 5.74) is 0.0753. The van der Waals surface area contributed by atoms with E-state index in [1.54, 1.807) is 22.5 Å². The van der Waals surface area contributed by atoms with Gasteiger partial charge < -0.3 is 0 Å². The van der Waals surface area contributed by atoms with E-state index in [2.05, 4.69) is 25.7 Å². The number of hydrogen-bond acceptors (Lipinski definition) is 3. The second kappa shape index (κ2) is 5.64. The Morgan fingerprint density at radius 1 is 1.10 bits per heavy atom. The van der Waals surface area contributed by atoms with Crippen molar-refractivity contribution in [3.8, 4) is 0 Å². The van der Waals surface area contributed by atoms with Crippen molar-refractivity contribution in [1.29, 1.82) is 0 Å². The van der Waals surface area contributed by atoms with Crippen LogP contribution in [0.1, 0.15) is 20.8 Å². The Labute approximate surface area is 126 Å². The first kappa shape index (κ1) is 15.8. The Morgan fingerprint density at radius 3 is 2.20 bits per heavy atom. The van der Waals surface area contributed by atoms with Gasteiger partial charge in [0.05, 0.1) is 4.90 Å². The number of piperazine rings is 1. The molecule has 0 aromatic heterocycles. The summed E-state index contributed by atoms with van der Waals surface area (Å²) in [6, 6.07) is 6.45. The second-order valence-corrected chi connectivity index (χ2v) is 8.39. The number of rotatable bonds is 2. The minimum Gasteiger partial charge on any atom is -0.296 e. The summed E-state index contributed by atoms with van der Waals surface area (Å²) < 4.78 is 26.6. The molecule has 0 aliphatic carbocycles. The highest BCUT2D eigenvalue weighted by molar-refractivity contribution is 7.89. The van der Waals surface area contributed by atoms with Gasteiger partial charge in [0, 0.05) is 36.7 Å². The lowest BCUT2D eigenvalue weighted by Gasteiger charge is -2.41. The van der Waals surface area contributed by atoms with E-state index in [9.17, 15) is 8.42 Å². The molecule has 0 radical (unpaired) electrons. The van der Waals surface area contributed by atoms with Gasteiger partial charge in [0.25, 0.3) is 0 Å². The summed E-state index contributed by atoms with van der Waals surface area (Å²) in [5.74, 6) is 0. The summed E-state index contributed by atoms with van der Waals surface area (Å²) in [6.07, 6.45) is 0. The Hall–Kier alpha value is -0.620. The molecular weight excluding hydrogens is 296 g/mol. The van der Waals surface area contributed by atoms with E-state index in [4.69, 9.17) is 11.6 Å². The smallest absolute Gasteiger partial charge is 0.243 e. The molecule has 1 saturated heterocycles. The van der Waals surface area contributed by atoms with E-state index >= 15 is 0 Å². The third kappa shape index (κ3) is 3.34. The molecule has 0 N–H and O–H groups in total. The highest BCUT2D eigenvalue weighted by atomic mass is 35.5. The topological polar surface area (TPSA) is 40.6 Å². The fourth-order valence-electron chi connectivity index (χ4n) is 2.38. The maximum Gasteiger partial charge on any atom is 0.243 e. The summed E-state index contributed by atoms with van der Waals surface area (Å²) in [7, 11) is -3.43. The monoisotopic (exact) mass is 316 g/mol. The molecule has 6 heteroatoms. The van der Waals surface area contributed by atoms with Crippen LogP contribution in [0.25, 0.3) is 0 Å². The molecule has 1 aromatic carbocycles. The molecule has 2 rings (SSSR count). The Kier molecular flexibility index (Phi) is 4.44. The molecule has 0 atom stereocenters. The average Bonchev–Trinajstić information content (AvgIpc) is 2.38. The zero-order chi connectivity index (χ0) is 15.0. The molecule has 1 heterocycles. The molecular formula is C14H21ClN2O2S. The lowest BCUT2D eigenvalue weighted by molar-refractivity contribution is 0.0922. The van der Waals surface area contributed by atoms with Crippen LogP contribution in [0.3, 0.4) is 0 Å². The van der Waals surface area contributed by atoms with Gasteiger partial charge in [0.15, 0.2) is 0 Å². The normalized spacial score (nSPS) is 19.2. The van der Waals surface area contributed by atoms with Crippen molar-refractivity contribution in [2.45, 2.75) is 31.2 Å². The zero-order valence-electron chi connectivity index (χ0n) is 12.1. The quantitative estimate of drug-likeness (QED) is 0.841. The number of halogens is 1. The average molecular weight is 317 g/mol. The summed E-state index contributed by atoms with van der Waals surface area (Å²) >= 11 is 5.88. The van der Waals surface area contributed by atoms with Crippen LogP contribution in [0, 0.1) is 0 Å². The second-order valence-electron chi connectivity index (χ2n) is 6.02. The lowest BCUT2D eigenvalue weighted by Crippen LogP contribution is -2.54. The zero-order valence-corrected chi connectivity index (χ0v) is 13.7. The highest BCUT2D eigenvalue weighted by Crippen LogP contribution is 2.23. The lowest BCUT2D eigenvalue weighted by atomic mass is 10.1. The molecule has 1 aliphatic rings. The van der Waals surface area contributed by atoms with Crippen LogP contribution < -0.4 is 0 Å². The van der Waals surface area contributed by atoms with E-state index in [0.29, 0.717) is 18.1 Å². The van der Waals surface area contributed by atoms with Crippen molar-refractivity contribution in [2.75, 3.05) is 26.2 Å². The van der Waals surface area contributed by atoms with E-state index < -0.39 is 10.0 Å². The van der Waals surface area contributed by atoms with Gasteiger partial charge in [-0.15, -0.1) is 0 Å². The SMILES string of the molecule is CC(C)(C)N1CCN(S(=O)(=O)c2cccc(Cl)c2)CC1. The molecule has 0 saturated carbocycles. The minimum absolute atomic E-state index is 0.0753. The van der Waals surface area contributed by atoms with Crippen molar-refractivity contribution in [1.82, 2.24) is 9.21 Å². The fourth-order valence-corrected chi connectivity index (χ4v) is 4.10. The van der Waals surface area contributed by atoms with E-state index in [-0.39, 0.29) is 10.4 Å². The van der Waals surface area contributed by atoms with Crippen LogP contribution in [0.4, 0.5) is 0 Å². The molecule has 112 valence electrons. The summed E-state index contributed by atoms with van der Waals surface area (Å²) in [5, 5.41) is 0.444. The molecule has 4 nitrogen and oxygen atoms in total. The molecule has 1 fully saturated rings. The number of nitrogens with zero attached hydrogens (tertiary/aromatic N) is 2. The molecule has 1 aromatic rings. The van der Waals surface area contributed by atoms with Crippen LogP contribution in [0.2, 0.25) is 5.02 Å². The first-order valence-electron chi connectivity index (χ1n) is 6.72. The first-order chi connectivity index (χ1) is 9.21. The molecule has 20 heavy (non-hydrogen) atoms. The van der Waals surface area contributed by atoms with E-state index in [0.717, 1.165) is 13.1 Å². The van der Waals surface area contributed by atoms with Crippen molar-refractivity contribution < 1.29 is 8.42 Å². The molecule has 1 aliphatic heterocycles. The Balaban J connectivity index is 2.14. The standard InChI is InChI=1S/C14H21ClN2O2S/c1-14(2,3)16-7-9-17(10-8-16)20(18,19)13-6-4-5-12(15)11-13/h4-6,11H,7-10H2,1-3H3. The minimum atomic E-state index is -3.43. The molecule has 0 spiro atoms. The number of benzene rings is 1. The van der Waals surface area contributed by atoms with Crippen molar-refractivity contribution >= 4 is 21.6 Å². The first-order valence-corrected chi connectivity index (χ1v) is 8.54. The third-order valence-electron chi connectivity index (χ3n) is 3.62. The van der Waals surface area contributed by atoms with E-state index in [1.165, 1.54) is 6.07 Å². The number of hydrogen-bond donors (Lipinski definition) is 0. The van der Waals surface area contributed by atoms with Crippen LogP contribution in [-0.4, -0.2) is 49.3 Å². The molecule has 0 amide bonds. The van der Waals surface area contributed by atoms with Crippen molar-refractivity contribution in [3.05, 3.63) is 29.3 Å². The van der Waals surface area contributed by atoms with Crippen molar-refractivity contribution in [2.24, 2.45) is 0 Å². The summed E-state index contributed by atoms with van der Waals surface area (Å²) in [6.45, 7) is 8.99. The van der Waals surface area contributed by atoms with Gasteiger partial charge in [-0.2, -0.15) is 4.31 Å². The van der Waals surface area contributed by atoms with Crippen LogP contribution in [0.15, 0.2) is 29.2 Å². The summed E-state index contributed by atoms with van der Waals surface area (Å²) in [4.78, 5) is 2.57. The van der Waals surface area contributed by atoms with Gasteiger partial charge in [0.1, 0.15) is 0 Å². The van der Waals surface area contributed by atoms with Gasteiger partial charge >= 0.3 is 0 Å². The molecule has 0 bridgehead atoms. The van der Waals surface area contributed by atoms with Gasteiger partial charge in [-0.3, -0.25) is 4.90 Å². The van der Waals surface area contributed by atoms with Crippen LogP contribution in [-0.2, 0) is 10.0 Å². The maximum atomic E-state index is 12.5. The van der Waals surface area contributed by atoms with Crippen LogP contribution in [0.5, 0.6) is 0 Å².